The van der Waals surface area contributed by atoms with Crippen LogP contribution in [0.1, 0.15) is 19.8 Å². The Labute approximate surface area is 107 Å². The average molecular weight is 267 g/mol. The lowest BCUT2D eigenvalue weighted by atomic mass is 10.2. The highest BCUT2D eigenvalue weighted by Crippen LogP contribution is 2.17. The second-order valence-corrected chi connectivity index (χ2v) is 4.79. The van der Waals surface area contributed by atoms with Gasteiger partial charge in [-0.2, -0.15) is 13.2 Å². The van der Waals surface area contributed by atoms with E-state index in [1.165, 1.54) is 4.90 Å². The first kappa shape index (κ1) is 15.7. The SMILES string of the molecule is CCNCCCCN1CCN(CC(F)(F)F)CC1. The van der Waals surface area contributed by atoms with Crippen molar-refractivity contribution in [2.45, 2.75) is 25.9 Å². The monoisotopic (exact) mass is 267 g/mol. The summed E-state index contributed by atoms with van der Waals surface area (Å²) in [5, 5.41) is 3.27. The van der Waals surface area contributed by atoms with Gasteiger partial charge in [-0.25, -0.2) is 0 Å². The highest BCUT2D eigenvalue weighted by Gasteiger charge is 2.31. The minimum Gasteiger partial charge on any atom is -0.317 e. The third-order valence-corrected chi connectivity index (χ3v) is 3.20. The largest absolute Gasteiger partial charge is 0.401 e. The average Bonchev–Trinajstić information content (AvgIpc) is 2.29. The molecule has 1 saturated heterocycles. The number of nitrogens with zero attached hydrogens (tertiary/aromatic N) is 2. The fourth-order valence-electron chi connectivity index (χ4n) is 2.19. The predicted molar refractivity (Wildman–Crippen MR) is 66.7 cm³/mol. The number of piperazine rings is 1. The van der Waals surface area contributed by atoms with E-state index in [1.54, 1.807) is 0 Å². The fourth-order valence-corrected chi connectivity index (χ4v) is 2.19. The molecule has 0 aromatic rings. The van der Waals surface area contributed by atoms with Crippen LogP contribution in [0, 0.1) is 0 Å². The van der Waals surface area contributed by atoms with Crippen molar-refractivity contribution in [3.63, 3.8) is 0 Å². The maximum atomic E-state index is 12.2. The van der Waals surface area contributed by atoms with E-state index >= 15 is 0 Å². The zero-order valence-electron chi connectivity index (χ0n) is 11.1. The van der Waals surface area contributed by atoms with Crippen molar-refractivity contribution in [3.05, 3.63) is 0 Å². The number of halogens is 3. The lowest BCUT2D eigenvalue weighted by molar-refractivity contribution is -0.149. The first-order valence-electron chi connectivity index (χ1n) is 6.73. The van der Waals surface area contributed by atoms with Gasteiger partial charge < -0.3 is 10.2 Å². The Morgan fingerprint density at radius 3 is 2.17 bits per heavy atom. The molecule has 1 aliphatic rings. The fraction of sp³-hybridized carbons (Fsp3) is 1.00. The minimum atomic E-state index is -4.06. The molecule has 0 spiro atoms. The van der Waals surface area contributed by atoms with Gasteiger partial charge in [0.2, 0.25) is 0 Å². The number of hydrogen-bond acceptors (Lipinski definition) is 3. The van der Waals surface area contributed by atoms with Crippen LogP contribution < -0.4 is 5.32 Å². The van der Waals surface area contributed by atoms with Crippen LogP contribution in [0.2, 0.25) is 0 Å². The Bertz CT molecular complexity index is 213. The lowest BCUT2D eigenvalue weighted by Gasteiger charge is -2.34. The van der Waals surface area contributed by atoms with Crippen LogP contribution in [0.5, 0.6) is 0 Å². The summed E-state index contributed by atoms with van der Waals surface area (Å²) < 4.78 is 36.6. The zero-order valence-corrected chi connectivity index (χ0v) is 11.1. The number of unbranched alkanes of at least 4 members (excludes halogenated alkanes) is 1. The molecule has 0 aromatic carbocycles. The van der Waals surface area contributed by atoms with E-state index in [9.17, 15) is 13.2 Å². The van der Waals surface area contributed by atoms with Gasteiger partial charge in [-0.05, 0) is 32.5 Å². The van der Waals surface area contributed by atoms with Gasteiger partial charge in [-0.1, -0.05) is 6.92 Å². The maximum Gasteiger partial charge on any atom is 0.401 e. The highest BCUT2D eigenvalue weighted by molar-refractivity contribution is 4.73. The third-order valence-electron chi connectivity index (χ3n) is 3.20. The van der Waals surface area contributed by atoms with E-state index in [0.717, 1.165) is 45.6 Å². The predicted octanol–water partition coefficient (Wildman–Crippen LogP) is 1.56. The van der Waals surface area contributed by atoms with Crippen molar-refractivity contribution in [2.75, 3.05) is 52.4 Å². The number of alkyl halides is 3. The van der Waals surface area contributed by atoms with Crippen molar-refractivity contribution in [3.8, 4) is 0 Å². The van der Waals surface area contributed by atoms with Crippen molar-refractivity contribution >= 4 is 0 Å². The van der Waals surface area contributed by atoms with E-state index in [0.29, 0.717) is 13.1 Å². The molecule has 0 atom stereocenters. The third kappa shape index (κ3) is 7.18. The van der Waals surface area contributed by atoms with E-state index in [-0.39, 0.29) is 0 Å². The molecule has 1 N–H and O–H groups in total. The van der Waals surface area contributed by atoms with Gasteiger partial charge >= 0.3 is 6.18 Å². The Kier molecular flexibility index (Phi) is 6.96. The van der Waals surface area contributed by atoms with E-state index < -0.39 is 12.7 Å². The Morgan fingerprint density at radius 1 is 1.00 bits per heavy atom. The molecule has 18 heavy (non-hydrogen) atoms. The van der Waals surface area contributed by atoms with Crippen LogP contribution in [0.4, 0.5) is 13.2 Å². The highest BCUT2D eigenvalue weighted by atomic mass is 19.4. The molecule has 108 valence electrons. The summed E-state index contributed by atoms with van der Waals surface area (Å²) in [5.41, 5.74) is 0. The van der Waals surface area contributed by atoms with Crippen molar-refractivity contribution in [1.29, 1.82) is 0 Å². The molecule has 0 amide bonds. The molecule has 1 fully saturated rings. The maximum absolute atomic E-state index is 12.2. The Balaban J connectivity index is 2.05. The van der Waals surface area contributed by atoms with Crippen molar-refractivity contribution < 1.29 is 13.2 Å². The molecule has 1 aliphatic heterocycles. The van der Waals surface area contributed by atoms with Gasteiger partial charge in [0.1, 0.15) is 0 Å². The molecule has 1 rings (SSSR count). The Hall–Kier alpha value is -0.330. The van der Waals surface area contributed by atoms with Crippen LogP contribution in [-0.2, 0) is 0 Å². The van der Waals surface area contributed by atoms with Gasteiger partial charge in [0.25, 0.3) is 0 Å². The lowest BCUT2D eigenvalue weighted by Crippen LogP contribution is -2.49. The van der Waals surface area contributed by atoms with Crippen molar-refractivity contribution in [2.24, 2.45) is 0 Å². The summed E-state index contributed by atoms with van der Waals surface area (Å²) >= 11 is 0. The second-order valence-electron chi connectivity index (χ2n) is 4.79. The van der Waals surface area contributed by atoms with Crippen molar-refractivity contribution in [1.82, 2.24) is 15.1 Å². The summed E-state index contributed by atoms with van der Waals surface area (Å²) in [6.07, 6.45) is -1.81. The summed E-state index contributed by atoms with van der Waals surface area (Å²) in [4.78, 5) is 3.76. The smallest absolute Gasteiger partial charge is 0.317 e. The molecule has 0 unspecified atom stereocenters. The quantitative estimate of drug-likeness (QED) is 0.706. The van der Waals surface area contributed by atoms with E-state index in [1.807, 2.05) is 0 Å². The van der Waals surface area contributed by atoms with Gasteiger partial charge in [0.15, 0.2) is 0 Å². The van der Waals surface area contributed by atoms with Crippen LogP contribution in [0.25, 0.3) is 0 Å². The van der Waals surface area contributed by atoms with Gasteiger partial charge in [-0.15, -0.1) is 0 Å². The molecule has 0 radical (unpaired) electrons. The van der Waals surface area contributed by atoms with Gasteiger partial charge in [-0.3, -0.25) is 4.90 Å². The van der Waals surface area contributed by atoms with E-state index in [4.69, 9.17) is 0 Å². The molecule has 3 nitrogen and oxygen atoms in total. The normalized spacial score (nSPS) is 19.3. The van der Waals surface area contributed by atoms with Gasteiger partial charge in [0.05, 0.1) is 6.54 Å². The van der Waals surface area contributed by atoms with E-state index in [2.05, 4.69) is 17.1 Å². The summed E-state index contributed by atoms with van der Waals surface area (Å²) in [6.45, 7) is 6.95. The molecule has 6 heteroatoms. The first-order valence-corrected chi connectivity index (χ1v) is 6.73. The standard InChI is InChI=1S/C12H24F3N3/c1-2-16-5-3-4-6-17-7-9-18(10-8-17)11-12(13,14)15/h16H,2-11H2,1H3. The summed E-state index contributed by atoms with van der Waals surface area (Å²) in [5.74, 6) is 0. The van der Waals surface area contributed by atoms with Crippen LogP contribution in [0.3, 0.4) is 0 Å². The van der Waals surface area contributed by atoms with Crippen LogP contribution in [-0.4, -0.2) is 68.3 Å². The first-order chi connectivity index (χ1) is 8.51. The number of nitrogens with one attached hydrogen (secondary N) is 1. The minimum absolute atomic E-state index is 0.534. The second kappa shape index (κ2) is 7.96. The molecule has 0 aromatic heterocycles. The molecule has 0 bridgehead atoms. The molecule has 0 aliphatic carbocycles. The topological polar surface area (TPSA) is 18.5 Å². The van der Waals surface area contributed by atoms with Crippen LogP contribution in [0.15, 0.2) is 0 Å². The van der Waals surface area contributed by atoms with Crippen LogP contribution >= 0.6 is 0 Å². The van der Waals surface area contributed by atoms with Gasteiger partial charge in [0, 0.05) is 26.2 Å². The number of rotatable bonds is 7. The molecular formula is C12H24F3N3. The summed E-state index contributed by atoms with van der Waals surface area (Å²) in [7, 11) is 0. The number of hydrogen-bond donors (Lipinski definition) is 1. The molecular weight excluding hydrogens is 243 g/mol. The molecule has 0 saturated carbocycles. The summed E-state index contributed by atoms with van der Waals surface area (Å²) in [6, 6.07) is 0. The Morgan fingerprint density at radius 2 is 1.61 bits per heavy atom. The zero-order chi connectivity index (χ0) is 13.4. The molecule has 1 heterocycles.